The van der Waals surface area contributed by atoms with Crippen molar-refractivity contribution >= 4 is 45.6 Å². The van der Waals surface area contributed by atoms with E-state index in [2.05, 4.69) is 22.0 Å². The molecule has 0 aliphatic rings. The summed E-state index contributed by atoms with van der Waals surface area (Å²) in [5.74, 6) is -0.485. The van der Waals surface area contributed by atoms with Crippen LogP contribution in [0, 0.1) is 0 Å². The molecule has 112 valence electrons. The summed E-state index contributed by atoms with van der Waals surface area (Å²) in [5.41, 5.74) is 1.05. The van der Waals surface area contributed by atoms with E-state index in [1.54, 1.807) is 0 Å². The number of carbonyl (C=O) groups excluding carboxylic acids is 1. The number of anilines is 1. The molecular formula is C14H14Cl2N2O2S. The Hall–Kier alpha value is -1.30. The van der Waals surface area contributed by atoms with E-state index in [0.29, 0.717) is 15.0 Å². The highest BCUT2D eigenvalue weighted by Gasteiger charge is 2.19. The Kier molecular flexibility index (Phi) is 5.45. The van der Waals surface area contributed by atoms with Crippen LogP contribution in [0.2, 0.25) is 10.2 Å². The summed E-state index contributed by atoms with van der Waals surface area (Å²) < 4.78 is 4.66. The summed E-state index contributed by atoms with van der Waals surface area (Å²) in [7, 11) is 1.31. The summed E-state index contributed by atoms with van der Waals surface area (Å²) in [5, 5.41) is 4.67. The first-order chi connectivity index (χ1) is 10.0. The van der Waals surface area contributed by atoms with Crippen LogP contribution in [0.4, 0.5) is 5.13 Å². The number of hydrogen-bond donors (Lipinski definition) is 1. The fourth-order valence-electron chi connectivity index (χ4n) is 1.88. The molecular weight excluding hydrogens is 331 g/mol. The van der Waals surface area contributed by atoms with Crippen LogP contribution < -0.4 is 5.32 Å². The molecule has 0 saturated heterocycles. The largest absolute Gasteiger partial charge is 0.465 e. The minimum absolute atomic E-state index is 0.0383. The van der Waals surface area contributed by atoms with Gasteiger partial charge >= 0.3 is 5.97 Å². The Bertz CT molecular complexity index is 646. The average molecular weight is 345 g/mol. The molecule has 0 bridgehead atoms. The lowest BCUT2D eigenvalue weighted by molar-refractivity contribution is 0.0606. The first-order valence-electron chi connectivity index (χ1n) is 6.31. The van der Waals surface area contributed by atoms with Crippen molar-refractivity contribution in [3.05, 3.63) is 44.9 Å². The van der Waals surface area contributed by atoms with Crippen molar-refractivity contribution < 1.29 is 9.53 Å². The Morgan fingerprint density at radius 2 is 2.24 bits per heavy atom. The van der Waals surface area contributed by atoms with Crippen molar-refractivity contribution in [1.82, 2.24) is 4.98 Å². The number of methoxy groups -OCH3 is 1. The maximum absolute atomic E-state index is 11.5. The van der Waals surface area contributed by atoms with E-state index >= 15 is 0 Å². The van der Waals surface area contributed by atoms with Gasteiger partial charge in [0, 0.05) is 5.02 Å². The molecule has 0 aliphatic carbocycles. The highest BCUT2D eigenvalue weighted by molar-refractivity contribution is 7.18. The first-order valence-corrected chi connectivity index (χ1v) is 7.89. The second kappa shape index (κ2) is 7.11. The summed E-state index contributed by atoms with van der Waals surface area (Å²) in [4.78, 5) is 16.0. The third kappa shape index (κ3) is 3.87. The van der Waals surface area contributed by atoms with Crippen LogP contribution in [0.15, 0.2) is 24.3 Å². The van der Waals surface area contributed by atoms with Crippen LogP contribution in [-0.2, 0) is 4.74 Å². The molecule has 1 atom stereocenters. The molecule has 0 saturated carbocycles. The Morgan fingerprint density at radius 1 is 1.48 bits per heavy atom. The van der Waals surface area contributed by atoms with Gasteiger partial charge in [0.05, 0.1) is 13.2 Å². The number of benzene rings is 1. The van der Waals surface area contributed by atoms with E-state index in [4.69, 9.17) is 23.2 Å². The Morgan fingerprint density at radius 3 is 2.86 bits per heavy atom. The SMILES string of the molecule is CCC(Nc1nc(Cl)c(C(=O)OC)s1)c1cccc(Cl)c1. The molecule has 21 heavy (non-hydrogen) atoms. The lowest BCUT2D eigenvalue weighted by Crippen LogP contribution is -2.09. The molecule has 1 aromatic heterocycles. The third-order valence-corrected chi connectivity index (χ3v) is 4.50. The van der Waals surface area contributed by atoms with Crippen molar-refractivity contribution in [1.29, 1.82) is 0 Å². The molecule has 0 amide bonds. The lowest BCUT2D eigenvalue weighted by Gasteiger charge is -2.16. The number of nitrogens with one attached hydrogen (secondary N) is 1. The predicted molar refractivity (Wildman–Crippen MR) is 86.6 cm³/mol. The van der Waals surface area contributed by atoms with Gasteiger partial charge in [-0.2, -0.15) is 0 Å². The highest BCUT2D eigenvalue weighted by atomic mass is 35.5. The summed E-state index contributed by atoms with van der Waals surface area (Å²) in [6.45, 7) is 2.05. The number of aromatic nitrogens is 1. The van der Waals surface area contributed by atoms with E-state index < -0.39 is 5.97 Å². The molecule has 7 heteroatoms. The van der Waals surface area contributed by atoms with Gasteiger partial charge in [0.1, 0.15) is 0 Å². The molecule has 0 fully saturated rings. The number of rotatable bonds is 5. The van der Waals surface area contributed by atoms with E-state index in [1.807, 2.05) is 24.3 Å². The van der Waals surface area contributed by atoms with E-state index in [0.717, 1.165) is 12.0 Å². The van der Waals surface area contributed by atoms with Crippen LogP contribution >= 0.6 is 34.5 Å². The molecule has 0 spiro atoms. The quantitative estimate of drug-likeness (QED) is 0.791. The molecule has 1 aromatic carbocycles. The lowest BCUT2D eigenvalue weighted by atomic mass is 10.1. The van der Waals surface area contributed by atoms with Crippen LogP contribution in [0.5, 0.6) is 0 Å². The van der Waals surface area contributed by atoms with Gasteiger partial charge in [0.2, 0.25) is 0 Å². The molecule has 4 nitrogen and oxygen atoms in total. The Labute approximate surface area is 137 Å². The zero-order chi connectivity index (χ0) is 15.4. The molecule has 0 aliphatic heterocycles. The number of esters is 1. The van der Waals surface area contributed by atoms with Crippen molar-refractivity contribution in [2.75, 3.05) is 12.4 Å². The highest BCUT2D eigenvalue weighted by Crippen LogP contribution is 2.31. The third-order valence-electron chi connectivity index (χ3n) is 2.91. The minimum Gasteiger partial charge on any atom is -0.465 e. The van der Waals surface area contributed by atoms with Crippen molar-refractivity contribution in [2.24, 2.45) is 0 Å². The van der Waals surface area contributed by atoms with Crippen molar-refractivity contribution in [3.8, 4) is 0 Å². The molecule has 2 rings (SSSR count). The number of carbonyl (C=O) groups is 1. The fraction of sp³-hybridized carbons (Fsp3) is 0.286. The van der Waals surface area contributed by atoms with Gasteiger partial charge in [-0.1, -0.05) is 53.6 Å². The molecule has 1 unspecified atom stereocenters. The van der Waals surface area contributed by atoms with Crippen molar-refractivity contribution in [3.63, 3.8) is 0 Å². The second-order valence-electron chi connectivity index (χ2n) is 4.29. The average Bonchev–Trinajstić information content (AvgIpc) is 2.84. The molecule has 1 N–H and O–H groups in total. The summed E-state index contributed by atoms with van der Waals surface area (Å²) >= 11 is 13.1. The normalized spacial score (nSPS) is 12.0. The van der Waals surface area contributed by atoms with Gasteiger partial charge in [-0.05, 0) is 24.1 Å². The molecule has 1 heterocycles. The topological polar surface area (TPSA) is 51.2 Å². The molecule has 0 radical (unpaired) electrons. The summed E-state index contributed by atoms with van der Waals surface area (Å²) in [6.07, 6.45) is 0.838. The first kappa shape index (κ1) is 16.1. The second-order valence-corrected chi connectivity index (χ2v) is 6.08. The van der Waals surface area contributed by atoms with Crippen LogP contribution in [-0.4, -0.2) is 18.1 Å². The van der Waals surface area contributed by atoms with Crippen molar-refractivity contribution in [2.45, 2.75) is 19.4 Å². The number of thiazole rings is 1. The van der Waals surface area contributed by atoms with E-state index in [1.165, 1.54) is 18.4 Å². The van der Waals surface area contributed by atoms with Crippen LogP contribution in [0.25, 0.3) is 0 Å². The van der Waals surface area contributed by atoms with E-state index in [-0.39, 0.29) is 11.2 Å². The van der Waals surface area contributed by atoms with Gasteiger partial charge in [0.15, 0.2) is 15.2 Å². The van der Waals surface area contributed by atoms with Gasteiger partial charge in [-0.25, -0.2) is 9.78 Å². The summed E-state index contributed by atoms with van der Waals surface area (Å²) in [6, 6.07) is 7.66. The monoisotopic (exact) mass is 344 g/mol. The van der Waals surface area contributed by atoms with Crippen LogP contribution in [0.3, 0.4) is 0 Å². The standard InChI is InChI=1S/C14H14Cl2N2O2S/c1-3-10(8-5-4-6-9(15)7-8)17-14-18-12(16)11(21-14)13(19)20-2/h4-7,10H,3H2,1-2H3,(H,17,18). The minimum atomic E-state index is -0.485. The fourth-order valence-corrected chi connectivity index (χ4v) is 3.23. The smallest absolute Gasteiger partial charge is 0.351 e. The van der Waals surface area contributed by atoms with Crippen LogP contribution in [0.1, 0.15) is 34.6 Å². The van der Waals surface area contributed by atoms with Gasteiger partial charge in [-0.3, -0.25) is 0 Å². The number of halogens is 2. The van der Waals surface area contributed by atoms with E-state index in [9.17, 15) is 4.79 Å². The van der Waals surface area contributed by atoms with Gasteiger partial charge < -0.3 is 10.1 Å². The maximum Gasteiger partial charge on any atom is 0.351 e. The number of hydrogen-bond acceptors (Lipinski definition) is 5. The maximum atomic E-state index is 11.5. The van der Waals surface area contributed by atoms with Gasteiger partial charge in [0.25, 0.3) is 0 Å². The zero-order valence-electron chi connectivity index (χ0n) is 11.5. The Balaban J connectivity index is 2.21. The van der Waals surface area contributed by atoms with Gasteiger partial charge in [-0.15, -0.1) is 0 Å². The molecule has 2 aromatic rings. The zero-order valence-corrected chi connectivity index (χ0v) is 13.9. The number of nitrogens with zero attached hydrogens (tertiary/aromatic N) is 1. The number of ether oxygens (including phenoxy) is 1. The predicted octanol–water partition coefficient (Wildman–Crippen LogP) is 4.80.